The van der Waals surface area contributed by atoms with Gasteiger partial charge in [-0.05, 0) is 29.3 Å². The van der Waals surface area contributed by atoms with Crippen LogP contribution in [0.2, 0.25) is 0 Å². The second-order valence-corrected chi connectivity index (χ2v) is 4.04. The normalized spacial score (nSPS) is 13.3. The van der Waals surface area contributed by atoms with Crippen molar-refractivity contribution in [3.63, 3.8) is 0 Å². The van der Waals surface area contributed by atoms with Crippen molar-refractivity contribution in [1.82, 2.24) is 0 Å². The fraction of sp³-hybridized carbons (Fsp3) is 0.143. The van der Waals surface area contributed by atoms with Gasteiger partial charge in [0, 0.05) is 0 Å². The molecule has 1 unspecified atom stereocenters. The Balaban J connectivity index is 2.48. The van der Waals surface area contributed by atoms with E-state index in [0.717, 1.165) is 18.2 Å². The van der Waals surface area contributed by atoms with E-state index < -0.39 is 23.7 Å². The van der Waals surface area contributed by atoms with Gasteiger partial charge in [0.2, 0.25) is 0 Å². The van der Waals surface area contributed by atoms with Crippen LogP contribution in [0.3, 0.4) is 0 Å². The van der Waals surface area contributed by atoms with Gasteiger partial charge in [0.15, 0.2) is 0 Å². The van der Waals surface area contributed by atoms with Gasteiger partial charge in [-0.15, -0.1) is 0 Å². The standard InChI is InChI=1S/C14H10F4O/c15-10-5-3-4-9(8-10)13(19)11-6-1-2-7-12(11)14(16,17)18/h1-8,13,19H. The van der Waals surface area contributed by atoms with Crippen LogP contribution >= 0.6 is 0 Å². The lowest BCUT2D eigenvalue weighted by Crippen LogP contribution is -2.12. The summed E-state index contributed by atoms with van der Waals surface area (Å²) in [7, 11) is 0. The van der Waals surface area contributed by atoms with Crippen LogP contribution in [0.4, 0.5) is 17.6 Å². The number of aliphatic hydroxyl groups excluding tert-OH is 1. The molecule has 0 radical (unpaired) electrons. The lowest BCUT2D eigenvalue weighted by Gasteiger charge is -2.17. The van der Waals surface area contributed by atoms with Crippen molar-refractivity contribution in [2.75, 3.05) is 0 Å². The number of aliphatic hydroxyl groups is 1. The Morgan fingerprint density at radius 1 is 0.947 bits per heavy atom. The van der Waals surface area contributed by atoms with Crippen molar-refractivity contribution in [3.05, 3.63) is 71.0 Å². The molecule has 19 heavy (non-hydrogen) atoms. The highest BCUT2D eigenvalue weighted by atomic mass is 19.4. The fourth-order valence-corrected chi connectivity index (χ4v) is 1.85. The third kappa shape index (κ3) is 2.93. The number of hydrogen-bond donors (Lipinski definition) is 1. The van der Waals surface area contributed by atoms with Crippen LogP contribution in [0.5, 0.6) is 0 Å². The lowest BCUT2D eigenvalue weighted by atomic mass is 9.96. The number of benzene rings is 2. The van der Waals surface area contributed by atoms with Crippen LogP contribution in [-0.4, -0.2) is 5.11 Å². The first-order chi connectivity index (χ1) is 8.89. The zero-order chi connectivity index (χ0) is 14.0. The molecular weight excluding hydrogens is 260 g/mol. The molecular formula is C14H10F4O. The molecule has 100 valence electrons. The van der Waals surface area contributed by atoms with Gasteiger partial charge in [0.05, 0.1) is 5.56 Å². The summed E-state index contributed by atoms with van der Waals surface area (Å²) in [5, 5.41) is 9.99. The molecule has 1 N–H and O–H groups in total. The molecule has 0 aliphatic carbocycles. The van der Waals surface area contributed by atoms with E-state index in [1.54, 1.807) is 0 Å². The number of hydrogen-bond acceptors (Lipinski definition) is 1. The molecule has 0 saturated heterocycles. The highest BCUT2D eigenvalue weighted by Crippen LogP contribution is 2.36. The van der Waals surface area contributed by atoms with Crippen LogP contribution < -0.4 is 0 Å². The fourth-order valence-electron chi connectivity index (χ4n) is 1.85. The Bertz CT molecular complexity index is 578. The molecule has 0 fully saturated rings. The Morgan fingerprint density at radius 2 is 1.63 bits per heavy atom. The summed E-state index contributed by atoms with van der Waals surface area (Å²) in [4.78, 5) is 0. The van der Waals surface area contributed by atoms with Crippen molar-refractivity contribution in [2.45, 2.75) is 12.3 Å². The van der Waals surface area contributed by atoms with Crippen LogP contribution in [-0.2, 0) is 6.18 Å². The Kier molecular flexibility index (Phi) is 3.57. The predicted octanol–water partition coefficient (Wildman–Crippen LogP) is 3.93. The second-order valence-electron chi connectivity index (χ2n) is 4.04. The minimum absolute atomic E-state index is 0.0803. The minimum Gasteiger partial charge on any atom is -0.384 e. The molecule has 0 aliphatic rings. The number of alkyl halides is 3. The quantitative estimate of drug-likeness (QED) is 0.820. The van der Waals surface area contributed by atoms with E-state index in [2.05, 4.69) is 0 Å². The van der Waals surface area contributed by atoms with Gasteiger partial charge < -0.3 is 5.11 Å². The molecule has 5 heteroatoms. The topological polar surface area (TPSA) is 20.2 Å². The SMILES string of the molecule is OC(c1cccc(F)c1)c1ccccc1C(F)(F)F. The Morgan fingerprint density at radius 3 is 2.26 bits per heavy atom. The Labute approximate surface area is 107 Å². The first-order valence-electron chi connectivity index (χ1n) is 5.49. The monoisotopic (exact) mass is 270 g/mol. The molecule has 1 atom stereocenters. The first kappa shape index (κ1) is 13.5. The van der Waals surface area contributed by atoms with Crippen molar-refractivity contribution in [3.8, 4) is 0 Å². The lowest BCUT2D eigenvalue weighted by molar-refractivity contribution is -0.139. The third-order valence-electron chi connectivity index (χ3n) is 2.73. The molecule has 0 heterocycles. The summed E-state index contributed by atoms with van der Waals surface area (Å²) < 4.78 is 51.5. The van der Waals surface area contributed by atoms with Crippen molar-refractivity contribution in [2.24, 2.45) is 0 Å². The summed E-state index contributed by atoms with van der Waals surface area (Å²) >= 11 is 0. The number of halogens is 4. The molecule has 1 nitrogen and oxygen atoms in total. The molecule has 2 aromatic rings. The largest absolute Gasteiger partial charge is 0.416 e. The van der Waals surface area contributed by atoms with E-state index >= 15 is 0 Å². The van der Waals surface area contributed by atoms with E-state index in [1.807, 2.05) is 0 Å². The average Bonchev–Trinajstić information content (AvgIpc) is 2.37. The minimum atomic E-state index is -4.56. The molecule has 0 aromatic heterocycles. The van der Waals surface area contributed by atoms with E-state index in [-0.39, 0.29) is 11.1 Å². The second kappa shape index (κ2) is 5.01. The maximum atomic E-state index is 13.0. The zero-order valence-corrected chi connectivity index (χ0v) is 9.66. The van der Waals surface area contributed by atoms with Crippen molar-refractivity contribution >= 4 is 0 Å². The summed E-state index contributed by atoms with van der Waals surface area (Å²) in [5.74, 6) is -0.610. The first-order valence-corrected chi connectivity index (χ1v) is 5.49. The summed E-state index contributed by atoms with van der Waals surface area (Å²) in [6, 6.07) is 9.59. The van der Waals surface area contributed by atoms with Gasteiger partial charge in [-0.1, -0.05) is 30.3 Å². The van der Waals surface area contributed by atoms with Gasteiger partial charge in [-0.3, -0.25) is 0 Å². The van der Waals surface area contributed by atoms with Crippen molar-refractivity contribution in [1.29, 1.82) is 0 Å². The predicted molar refractivity (Wildman–Crippen MR) is 61.9 cm³/mol. The smallest absolute Gasteiger partial charge is 0.384 e. The molecule has 0 amide bonds. The van der Waals surface area contributed by atoms with Gasteiger partial charge in [-0.25, -0.2) is 4.39 Å². The average molecular weight is 270 g/mol. The summed E-state index contributed by atoms with van der Waals surface area (Å²) in [5.41, 5.74) is -1.14. The third-order valence-corrected chi connectivity index (χ3v) is 2.73. The highest BCUT2D eigenvalue weighted by molar-refractivity contribution is 5.37. The van der Waals surface area contributed by atoms with Gasteiger partial charge in [0.1, 0.15) is 11.9 Å². The Hall–Kier alpha value is -1.88. The maximum Gasteiger partial charge on any atom is 0.416 e. The van der Waals surface area contributed by atoms with Crippen LogP contribution in [0, 0.1) is 5.82 Å². The molecule has 0 aliphatic heterocycles. The van der Waals surface area contributed by atoms with E-state index in [9.17, 15) is 22.7 Å². The van der Waals surface area contributed by atoms with E-state index in [1.165, 1.54) is 30.3 Å². The van der Waals surface area contributed by atoms with Crippen LogP contribution in [0.15, 0.2) is 48.5 Å². The molecule has 0 bridgehead atoms. The molecule has 2 rings (SSSR count). The molecule has 0 spiro atoms. The maximum absolute atomic E-state index is 13.0. The van der Waals surface area contributed by atoms with E-state index in [0.29, 0.717) is 0 Å². The highest BCUT2D eigenvalue weighted by Gasteiger charge is 2.34. The summed E-state index contributed by atoms with van der Waals surface area (Å²) in [6.45, 7) is 0. The molecule has 0 saturated carbocycles. The van der Waals surface area contributed by atoms with Crippen LogP contribution in [0.1, 0.15) is 22.8 Å². The van der Waals surface area contributed by atoms with Gasteiger partial charge >= 0.3 is 6.18 Å². The number of rotatable bonds is 2. The van der Waals surface area contributed by atoms with Gasteiger partial charge in [-0.2, -0.15) is 13.2 Å². The zero-order valence-electron chi connectivity index (χ0n) is 9.66. The van der Waals surface area contributed by atoms with Crippen molar-refractivity contribution < 1.29 is 22.7 Å². The van der Waals surface area contributed by atoms with Gasteiger partial charge in [0.25, 0.3) is 0 Å². The summed E-state index contributed by atoms with van der Waals surface area (Å²) in [6.07, 6.45) is -6.08. The molecule has 2 aromatic carbocycles. The van der Waals surface area contributed by atoms with E-state index in [4.69, 9.17) is 0 Å². The van der Waals surface area contributed by atoms with Crippen LogP contribution in [0.25, 0.3) is 0 Å².